The Morgan fingerprint density at radius 3 is 1.20 bits per heavy atom. The first kappa shape index (κ1) is 17.1. The van der Waals surface area contributed by atoms with Gasteiger partial charge in [0.15, 0.2) is 0 Å². The smallest absolute Gasteiger partial charge is 0.274 e. The fourth-order valence-corrected chi connectivity index (χ4v) is 0. The first-order valence-electron chi connectivity index (χ1n) is 0.408. The molecule has 0 bridgehead atoms. The van der Waals surface area contributed by atoms with Crippen molar-refractivity contribution in [2.45, 2.75) is 0 Å². The van der Waals surface area contributed by atoms with Gasteiger partial charge in [-0.05, 0) is 11.0 Å². The third kappa shape index (κ3) is 61.3. The maximum atomic E-state index is 8.40. The van der Waals surface area contributed by atoms with Gasteiger partial charge in [0, 0.05) is 22.4 Å². The molecule has 0 spiro atoms. The minimum atomic E-state index is -1.42. The fraction of sp³-hybridized carbons (Fsp3) is 0. The maximum Gasteiger partial charge on any atom is 0.549 e. The van der Waals surface area contributed by atoms with E-state index in [9.17, 15) is 0 Å². The summed E-state index contributed by atoms with van der Waals surface area (Å²) < 4.78 is 16.8. The average molecular weight is 289 g/mol. The van der Waals surface area contributed by atoms with Gasteiger partial charge in [0.1, 0.15) is 0 Å². The number of hydrogen-bond donors (Lipinski definition) is 0. The molecule has 0 heterocycles. The predicted octanol–water partition coefficient (Wildman–Crippen LogP) is -2.07. The topological polar surface area (TPSA) is 34.1 Å². The van der Waals surface area contributed by atoms with Crippen LogP contribution in [-0.4, -0.2) is 20.3 Å². The molecule has 0 saturated heterocycles. The Hall–Kier alpha value is 0.774. The van der Waals surface area contributed by atoms with Crippen LogP contribution in [0.2, 0.25) is 0 Å². The van der Waals surface area contributed by atoms with Gasteiger partial charge in [0.25, 0.3) is 0 Å². The largest absolute Gasteiger partial charge is 0.549 e. The molecule has 0 atom stereocenters. The van der Waals surface area contributed by atoms with Crippen molar-refractivity contribution in [1.29, 1.82) is 0 Å². The molecule has 5 heteroatoms. The Balaban J connectivity index is -0.0000000200. The predicted molar refractivity (Wildman–Crippen MR) is 18.5 cm³/mol. The van der Waals surface area contributed by atoms with Crippen molar-refractivity contribution in [2.24, 2.45) is 0 Å². The maximum absolute atomic E-state index is 8.40. The summed E-state index contributed by atoms with van der Waals surface area (Å²) in [5.41, 5.74) is 0. The molecule has 0 amide bonds. The molecule has 1 radical (unpaired) electrons. The molecule has 5 heavy (non-hydrogen) atoms. The third-order valence-corrected chi connectivity index (χ3v) is 0. The van der Waals surface area contributed by atoms with E-state index in [1.807, 2.05) is 0 Å². The van der Waals surface area contributed by atoms with Gasteiger partial charge in [-0.1, -0.05) is 0 Å². The summed E-state index contributed by atoms with van der Waals surface area (Å²) in [7, 11) is -1.42. The minimum absolute atomic E-state index is 0. The normalized spacial score (nSPS) is 1.60. The van der Waals surface area contributed by atoms with E-state index in [2.05, 4.69) is 0 Å². The van der Waals surface area contributed by atoms with Crippen molar-refractivity contribution < 1.29 is 31.3 Å². The zero-order chi connectivity index (χ0) is 2.71. The monoisotopic (exact) mass is 289 g/mol. The van der Waals surface area contributed by atoms with Gasteiger partial charge in [0.05, 0.1) is 0 Å². The molecule has 0 fully saturated rings. The van der Waals surface area contributed by atoms with Crippen LogP contribution in [-0.2, 0) is 31.3 Å². The van der Waals surface area contributed by atoms with Crippen molar-refractivity contribution in [2.75, 3.05) is 0 Å². The van der Waals surface area contributed by atoms with E-state index >= 15 is 0 Å². The van der Waals surface area contributed by atoms with E-state index in [1.165, 1.54) is 0 Å². The molecule has 0 aromatic heterocycles. The fourth-order valence-electron chi connectivity index (χ4n) is 0. The summed E-state index contributed by atoms with van der Waals surface area (Å²) in [4.78, 5) is 0. The van der Waals surface area contributed by atoms with Gasteiger partial charge in [0.2, 0.25) is 0 Å². The first-order valence-corrected chi connectivity index (χ1v) is 1.22. The SMILES string of the molecule is O=[Si]=O.[Au].[SiH4]. The van der Waals surface area contributed by atoms with Crippen LogP contribution in [0.5, 0.6) is 0 Å². The number of rotatable bonds is 0. The summed E-state index contributed by atoms with van der Waals surface area (Å²) in [6.45, 7) is 0. The molecule has 35 valence electrons. The van der Waals surface area contributed by atoms with Crippen LogP contribution < -0.4 is 0 Å². The second-order valence-corrected chi connectivity index (χ2v) is 0.250. The van der Waals surface area contributed by atoms with E-state index in [4.69, 9.17) is 8.92 Å². The van der Waals surface area contributed by atoms with Gasteiger partial charge in [-0.25, -0.2) is 0 Å². The Bertz CT molecular complexity index is 28.6. The van der Waals surface area contributed by atoms with Gasteiger partial charge < -0.3 is 0 Å². The summed E-state index contributed by atoms with van der Waals surface area (Å²) in [5.74, 6) is 0. The van der Waals surface area contributed by atoms with Gasteiger partial charge in [-0.2, -0.15) is 0 Å². The van der Waals surface area contributed by atoms with Crippen molar-refractivity contribution in [3.05, 3.63) is 0 Å². The molecule has 2 nitrogen and oxygen atoms in total. The zero-order valence-electron chi connectivity index (χ0n) is 1.62. The molecule has 0 aliphatic carbocycles. The van der Waals surface area contributed by atoms with Crippen LogP contribution in [0.25, 0.3) is 0 Å². The third-order valence-electron chi connectivity index (χ3n) is 0. The molecule has 0 aliphatic heterocycles. The summed E-state index contributed by atoms with van der Waals surface area (Å²) in [6, 6.07) is 0. The van der Waals surface area contributed by atoms with E-state index in [0.29, 0.717) is 0 Å². The molecule has 0 unspecified atom stereocenters. The molecular weight excluding hydrogens is 285 g/mol. The molecule has 0 aromatic rings. The molecule has 0 aromatic carbocycles. The van der Waals surface area contributed by atoms with Crippen molar-refractivity contribution in [3.8, 4) is 0 Å². The van der Waals surface area contributed by atoms with Crippen molar-refractivity contribution in [3.63, 3.8) is 0 Å². The van der Waals surface area contributed by atoms with Crippen LogP contribution in [0.15, 0.2) is 0 Å². The summed E-state index contributed by atoms with van der Waals surface area (Å²) in [6.07, 6.45) is 0. The molecule has 0 rings (SSSR count). The van der Waals surface area contributed by atoms with E-state index < -0.39 is 9.29 Å². The molecular formula is H4AuO2Si2. The Morgan fingerprint density at radius 2 is 1.20 bits per heavy atom. The Kier molecular flexibility index (Phi) is 73.9. The van der Waals surface area contributed by atoms with E-state index in [-0.39, 0.29) is 33.3 Å². The van der Waals surface area contributed by atoms with Crippen LogP contribution in [0.3, 0.4) is 0 Å². The van der Waals surface area contributed by atoms with Gasteiger partial charge in [-0.15, -0.1) is 0 Å². The van der Waals surface area contributed by atoms with Crippen molar-refractivity contribution in [1.82, 2.24) is 0 Å². The van der Waals surface area contributed by atoms with Gasteiger partial charge >= 0.3 is 9.29 Å². The second kappa shape index (κ2) is 21.6. The first-order chi connectivity index (χ1) is 1.41. The molecule has 0 aliphatic rings. The van der Waals surface area contributed by atoms with Crippen LogP contribution in [0.1, 0.15) is 0 Å². The molecule has 0 N–H and O–H groups in total. The van der Waals surface area contributed by atoms with Gasteiger partial charge in [-0.3, -0.25) is 8.92 Å². The average Bonchev–Trinajstić information content (AvgIpc) is 0.918. The Labute approximate surface area is 51.8 Å². The van der Waals surface area contributed by atoms with E-state index in [1.54, 1.807) is 0 Å². The quantitative estimate of drug-likeness (QED) is 0.480. The zero-order valence-corrected chi connectivity index (χ0v) is 4.78. The second-order valence-electron chi connectivity index (χ2n) is 0.0833. The van der Waals surface area contributed by atoms with Crippen LogP contribution in [0.4, 0.5) is 0 Å². The minimum Gasteiger partial charge on any atom is -0.274 e. The summed E-state index contributed by atoms with van der Waals surface area (Å²) in [5, 5.41) is 0. The Morgan fingerprint density at radius 1 is 1.20 bits per heavy atom. The number of hydrogen-bond acceptors (Lipinski definition) is 2. The standard InChI is InChI=1S/Au.O2Si.H4Si/c;1-3-2;/h;;1H4. The van der Waals surface area contributed by atoms with Crippen LogP contribution in [0, 0.1) is 0 Å². The van der Waals surface area contributed by atoms with Crippen molar-refractivity contribution >= 4 is 20.3 Å². The van der Waals surface area contributed by atoms with E-state index in [0.717, 1.165) is 0 Å². The molecule has 0 saturated carbocycles. The van der Waals surface area contributed by atoms with Crippen LogP contribution >= 0.6 is 0 Å². The summed E-state index contributed by atoms with van der Waals surface area (Å²) >= 11 is 0.